The number of carboxylic acid groups (broad SMARTS) is 1. The van der Waals surface area contributed by atoms with Gasteiger partial charge in [0.1, 0.15) is 0 Å². The van der Waals surface area contributed by atoms with Crippen molar-refractivity contribution < 1.29 is 20.0 Å². The van der Waals surface area contributed by atoms with Gasteiger partial charge in [0.2, 0.25) is 0 Å². The van der Waals surface area contributed by atoms with Crippen molar-refractivity contribution in [3.05, 3.63) is 0 Å². The van der Waals surface area contributed by atoms with E-state index in [1.165, 1.54) is 0 Å². The van der Waals surface area contributed by atoms with Gasteiger partial charge in [0.05, 0.1) is 11.5 Å². The normalized spacial score (nSPS) is 12.6. The van der Waals surface area contributed by atoms with E-state index in [-0.39, 0.29) is 5.92 Å². The van der Waals surface area contributed by atoms with Crippen molar-refractivity contribution in [1.82, 2.24) is 0 Å². The Hall–Kier alpha value is -0.610. The topological polar surface area (TPSA) is 66.8 Å². The number of unbranched alkanes of at least 4 members (excludes halogenated alkanes) is 1. The number of carboxylic acids is 1. The molecule has 0 bridgehead atoms. The maximum atomic E-state index is 10.4. The van der Waals surface area contributed by atoms with Crippen LogP contribution in [0.2, 0.25) is 0 Å². The predicted molar refractivity (Wildman–Crippen MR) is 64.4 cm³/mol. The first kappa shape index (κ1) is 17.8. The van der Waals surface area contributed by atoms with Crippen LogP contribution < -0.4 is 0 Å². The molecule has 0 saturated carbocycles. The fourth-order valence-corrected chi connectivity index (χ4v) is 0.953. The highest BCUT2D eigenvalue weighted by Crippen LogP contribution is 2.11. The zero-order chi connectivity index (χ0) is 13.2. The summed E-state index contributed by atoms with van der Waals surface area (Å²) in [5.74, 6) is -0.754. The van der Waals surface area contributed by atoms with Gasteiger partial charge in [0, 0.05) is 0 Å². The highest BCUT2D eigenvalue weighted by atomic mass is 17.1. The van der Waals surface area contributed by atoms with Crippen molar-refractivity contribution in [3.8, 4) is 0 Å². The molecule has 0 aromatic heterocycles. The molecule has 1 unspecified atom stereocenters. The van der Waals surface area contributed by atoms with Crippen LogP contribution in [-0.2, 0) is 9.68 Å². The molecule has 0 heterocycles. The predicted octanol–water partition coefficient (Wildman–Crippen LogP) is 3.56. The van der Waals surface area contributed by atoms with Gasteiger partial charge in [-0.05, 0) is 33.6 Å². The fraction of sp³-hybridized carbons (Fsp3) is 0.917. The monoisotopic (exact) mass is 234 g/mol. The van der Waals surface area contributed by atoms with Gasteiger partial charge >= 0.3 is 5.97 Å². The maximum Gasteiger partial charge on any atom is 0.306 e. The van der Waals surface area contributed by atoms with Gasteiger partial charge in [-0.3, -0.25) is 10.1 Å². The summed E-state index contributed by atoms with van der Waals surface area (Å²) in [5.41, 5.74) is -0.403. The van der Waals surface area contributed by atoms with E-state index in [1.54, 1.807) is 20.8 Å². The Morgan fingerprint density at radius 2 is 1.75 bits per heavy atom. The molecular weight excluding hydrogens is 208 g/mol. The highest BCUT2D eigenvalue weighted by Gasteiger charge is 2.12. The summed E-state index contributed by atoms with van der Waals surface area (Å²) >= 11 is 0. The minimum Gasteiger partial charge on any atom is -0.481 e. The molecule has 1 atom stereocenters. The summed E-state index contributed by atoms with van der Waals surface area (Å²) in [6, 6.07) is 0. The lowest BCUT2D eigenvalue weighted by Crippen LogP contribution is -2.15. The largest absolute Gasteiger partial charge is 0.481 e. The molecule has 0 aromatic rings. The Balaban J connectivity index is 0. The molecule has 4 nitrogen and oxygen atoms in total. The molecule has 0 rings (SSSR count). The standard InChI is InChI=1S/C8H16O2.C4H10O2/c1-3-5-6-7(4-2)8(9)10;1-4(2,3)6-5/h7H,3-6H2,1-2H3,(H,9,10);5H,1-3H3. The first-order valence-corrected chi connectivity index (χ1v) is 5.83. The average Bonchev–Trinajstić information content (AvgIpc) is 2.18. The third-order valence-electron chi connectivity index (χ3n) is 2.02. The molecule has 0 radical (unpaired) electrons. The zero-order valence-electron chi connectivity index (χ0n) is 11.1. The van der Waals surface area contributed by atoms with E-state index in [4.69, 9.17) is 10.4 Å². The zero-order valence-corrected chi connectivity index (χ0v) is 11.1. The van der Waals surface area contributed by atoms with Crippen molar-refractivity contribution in [2.24, 2.45) is 5.92 Å². The molecule has 0 aromatic carbocycles. The molecule has 0 aliphatic heterocycles. The van der Waals surface area contributed by atoms with E-state index in [2.05, 4.69) is 11.8 Å². The number of hydrogen-bond acceptors (Lipinski definition) is 3. The van der Waals surface area contributed by atoms with Gasteiger partial charge in [-0.15, -0.1) is 0 Å². The Morgan fingerprint density at radius 1 is 1.31 bits per heavy atom. The first-order valence-electron chi connectivity index (χ1n) is 5.83. The second-order valence-corrected chi connectivity index (χ2v) is 4.79. The lowest BCUT2D eigenvalue weighted by molar-refractivity contribution is -0.306. The maximum absolute atomic E-state index is 10.4. The Labute approximate surface area is 98.6 Å². The SMILES string of the molecule is CC(C)(C)OO.CCCCC(CC)C(=O)O. The highest BCUT2D eigenvalue weighted by molar-refractivity contribution is 5.69. The Kier molecular flexibility index (Phi) is 10.7. The lowest BCUT2D eigenvalue weighted by Gasteiger charge is -2.10. The molecule has 0 aliphatic rings. The van der Waals surface area contributed by atoms with Crippen molar-refractivity contribution >= 4 is 5.97 Å². The summed E-state index contributed by atoms with van der Waals surface area (Å²) in [4.78, 5) is 14.4. The minimum absolute atomic E-state index is 0.111. The van der Waals surface area contributed by atoms with Crippen LogP contribution in [0, 0.1) is 5.92 Å². The van der Waals surface area contributed by atoms with Gasteiger partial charge in [0.15, 0.2) is 0 Å². The lowest BCUT2D eigenvalue weighted by atomic mass is 10.00. The van der Waals surface area contributed by atoms with E-state index in [0.29, 0.717) is 0 Å². The number of carbonyl (C=O) groups is 1. The molecule has 98 valence electrons. The van der Waals surface area contributed by atoms with E-state index < -0.39 is 11.6 Å². The van der Waals surface area contributed by atoms with Crippen LogP contribution in [0.15, 0.2) is 0 Å². The number of aliphatic carboxylic acids is 1. The molecular formula is C12H26O4. The molecule has 4 heteroatoms. The van der Waals surface area contributed by atoms with Gasteiger partial charge in [-0.1, -0.05) is 26.7 Å². The van der Waals surface area contributed by atoms with Crippen LogP contribution in [0.3, 0.4) is 0 Å². The van der Waals surface area contributed by atoms with E-state index in [1.807, 2.05) is 6.92 Å². The summed E-state index contributed by atoms with van der Waals surface area (Å²) in [5, 5.41) is 16.5. The minimum atomic E-state index is -0.643. The van der Waals surface area contributed by atoms with Crippen LogP contribution in [-0.4, -0.2) is 21.9 Å². The van der Waals surface area contributed by atoms with Crippen LogP contribution in [0.25, 0.3) is 0 Å². The van der Waals surface area contributed by atoms with Crippen molar-refractivity contribution in [2.45, 2.75) is 65.9 Å². The Morgan fingerprint density at radius 3 is 1.94 bits per heavy atom. The molecule has 0 fully saturated rings. The quantitative estimate of drug-likeness (QED) is 0.563. The van der Waals surface area contributed by atoms with Crippen LogP contribution in [0.4, 0.5) is 0 Å². The van der Waals surface area contributed by atoms with Gasteiger partial charge in [-0.25, -0.2) is 4.89 Å². The summed E-state index contributed by atoms with van der Waals surface area (Å²) < 4.78 is 0. The second kappa shape index (κ2) is 9.60. The summed E-state index contributed by atoms with van der Waals surface area (Å²) in [6.45, 7) is 9.32. The van der Waals surface area contributed by atoms with Crippen LogP contribution in [0.5, 0.6) is 0 Å². The van der Waals surface area contributed by atoms with E-state index in [9.17, 15) is 4.79 Å². The average molecular weight is 234 g/mol. The summed E-state index contributed by atoms with van der Waals surface area (Å²) in [7, 11) is 0. The van der Waals surface area contributed by atoms with Crippen molar-refractivity contribution in [2.75, 3.05) is 0 Å². The van der Waals surface area contributed by atoms with E-state index >= 15 is 0 Å². The van der Waals surface area contributed by atoms with Gasteiger partial charge in [0.25, 0.3) is 0 Å². The molecule has 0 spiro atoms. The number of hydrogen-bond donors (Lipinski definition) is 2. The van der Waals surface area contributed by atoms with Crippen LogP contribution in [0.1, 0.15) is 60.3 Å². The first-order chi connectivity index (χ1) is 7.28. The van der Waals surface area contributed by atoms with Gasteiger partial charge < -0.3 is 5.11 Å². The van der Waals surface area contributed by atoms with Crippen LogP contribution >= 0.6 is 0 Å². The Bertz CT molecular complexity index is 172. The molecule has 0 saturated heterocycles. The van der Waals surface area contributed by atoms with Gasteiger partial charge in [-0.2, -0.15) is 0 Å². The summed E-state index contributed by atoms with van der Waals surface area (Å²) in [6.07, 6.45) is 3.71. The number of rotatable bonds is 5. The van der Waals surface area contributed by atoms with Crippen molar-refractivity contribution in [3.63, 3.8) is 0 Å². The smallest absolute Gasteiger partial charge is 0.306 e. The molecule has 16 heavy (non-hydrogen) atoms. The second-order valence-electron chi connectivity index (χ2n) is 4.79. The third kappa shape index (κ3) is 13.4. The third-order valence-corrected chi connectivity index (χ3v) is 2.02. The van der Waals surface area contributed by atoms with E-state index in [0.717, 1.165) is 25.7 Å². The molecule has 0 amide bonds. The fourth-order valence-electron chi connectivity index (χ4n) is 0.953. The van der Waals surface area contributed by atoms with Crippen molar-refractivity contribution in [1.29, 1.82) is 0 Å². The molecule has 2 N–H and O–H groups in total. The molecule has 0 aliphatic carbocycles.